The van der Waals surface area contributed by atoms with Crippen LogP contribution in [0.5, 0.6) is 11.5 Å². The summed E-state index contributed by atoms with van der Waals surface area (Å²) >= 11 is 7.64. The Morgan fingerprint density at radius 3 is 2.59 bits per heavy atom. The van der Waals surface area contributed by atoms with Crippen LogP contribution in [0.2, 0.25) is 5.02 Å². The number of ether oxygens (including phenoxy) is 3. The van der Waals surface area contributed by atoms with Crippen LogP contribution in [-0.2, 0) is 9.53 Å². The zero-order valence-corrected chi connectivity index (χ0v) is 22.1. The van der Waals surface area contributed by atoms with Crippen molar-refractivity contribution in [3.05, 3.63) is 120 Å². The van der Waals surface area contributed by atoms with Crippen LogP contribution in [-0.4, -0.2) is 23.9 Å². The number of aromatic nitrogens is 1. The number of thiazole rings is 1. The molecule has 0 saturated heterocycles. The van der Waals surface area contributed by atoms with Crippen molar-refractivity contribution in [2.24, 2.45) is 4.99 Å². The van der Waals surface area contributed by atoms with Crippen molar-refractivity contribution in [3.8, 4) is 11.5 Å². The average Bonchev–Trinajstić information content (AvgIpc) is 3.52. The molecule has 3 heterocycles. The van der Waals surface area contributed by atoms with Crippen molar-refractivity contribution >= 4 is 40.7 Å². The molecule has 1 unspecified atom stereocenters. The lowest BCUT2D eigenvalue weighted by Gasteiger charge is -2.25. The number of esters is 1. The molecule has 3 aromatic carbocycles. The SMILES string of the molecule is CCOC(=O)C1=C(c2ccccc2)N=c2sc(=Cc3cc4c(cc3Cl)OCO4)c(=O)n2C1c1ccc(F)cc1. The first-order valence-corrected chi connectivity index (χ1v) is 13.3. The largest absolute Gasteiger partial charge is 0.463 e. The first-order valence-electron chi connectivity index (χ1n) is 12.1. The second-order valence-electron chi connectivity index (χ2n) is 8.71. The van der Waals surface area contributed by atoms with Crippen molar-refractivity contribution in [2.75, 3.05) is 13.4 Å². The van der Waals surface area contributed by atoms with Crippen molar-refractivity contribution in [3.63, 3.8) is 0 Å². The summed E-state index contributed by atoms with van der Waals surface area (Å²) in [4.78, 5) is 32.5. The lowest BCUT2D eigenvalue weighted by molar-refractivity contribution is -0.138. The molecule has 7 nitrogen and oxygen atoms in total. The monoisotopic (exact) mass is 562 g/mol. The summed E-state index contributed by atoms with van der Waals surface area (Å²) < 4.78 is 32.0. The summed E-state index contributed by atoms with van der Waals surface area (Å²) in [5.74, 6) is 0.0103. The van der Waals surface area contributed by atoms with Crippen LogP contribution in [0.1, 0.15) is 29.7 Å². The van der Waals surface area contributed by atoms with Gasteiger partial charge in [0.05, 0.1) is 33.5 Å². The molecule has 0 radical (unpaired) electrons. The van der Waals surface area contributed by atoms with E-state index in [4.69, 9.17) is 30.8 Å². The van der Waals surface area contributed by atoms with E-state index in [-0.39, 0.29) is 24.5 Å². The fraction of sp³-hybridized carbons (Fsp3) is 0.138. The van der Waals surface area contributed by atoms with Gasteiger partial charge in [0.15, 0.2) is 16.3 Å². The second kappa shape index (κ2) is 10.2. The lowest BCUT2D eigenvalue weighted by atomic mass is 9.93. The van der Waals surface area contributed by atoms with Crippen LogP contribution < -0.4 is 24.4 Å². The fourth-order valence-electron chi connectivity index (χ4n) is 4.59. The summed E-state index contributed by atoms with van der Waals surface area (Å²) in [5.41, 5.74) is 1.99. The van der Waals surface area contributed by atoms with E-state index >= 15 is 0 Å². The number of nitrogens with zero attached hydrogens (tertiary/aromatic N) is 2. The summed E-state index contributed by atoms with van der Waals surface area (Å²) in [6.07, 6.45) is 1.66. The molecular formula is C29H20ClFN2O5S. The van der Waals surface area contributed by atoms with Gasteiger partial charge in [-0.1, -0.05) is 65.4 Å². The van der Waals surface area contributed by atoms with Gasteiger partial charge in [0, 0.05) is 11.6 Å². The third-order valence-corrected chi connectivity index (χ3v) is 7.65. The lowest BCUT2D eigenvalue weighted by Crippen LogP contribution is -2.40. The van der Waals surface area contributed by atoms with Gasteiger partial charge < -0.3 is 14.2 Å². The van der Waals surface area contributed by atoms with E-state index in [9.17, 15) is 14.0 Å². The predicted molar refractivity (Wildman–Crippen MR) is 145 cm³/mol. The van der Waals surface area contributed by atoms with Gasteiger partial charge in [0.1, 0.15) is 5.82 Å². The van der Waals surface area contributed by atoms with E-state index in [1.807, 2.05) is 30.3 Å². The van der Waals surface area contributed by atoms with Gasteiger partial charge in [-0.05, 0) is 42.3 Å². The van der Waals surface area contributed by atoms with E-state index < -0.39 is 17.8 Å². The molecule has 2 aliphatic rings. The molecule has 1 aromatic heterocycles. The summed E-state index contributed by atoms with van der Waals surface area (Å²) in [6.45, 7) is 1.93. The molecule has 1 atom stereocenters. The van der Waals surface area contributed by atoms with Crippen LogP contribution in [0.15, 0.2) is 82.1 Å². The van der Waals surface area contributed by atoms with E-state index in [1.165, 1.54) is 16.7 Å². The quantitative estimate of drug-likeness (QED) is 0.336. The first-order chi connectivity index (χ1) is 18.9. The van der Waals surface area contributed by atoms with Crippen LogP contribution in [0.4, 0.5) is 4.39 Å². The molecule has 0 saturated carbocycles. The molecule has 196 valence electrons. The highest BCUT2D eigenvalue weighted by Gasteiger charge is 2.35. The van der Waals surface area contributed by atoms with Crippen molar-refractivity contribution in [1.82, 2.24) is 4.57 Å². The standard InChI is InChI=1S/C29H20ClFN2O5S/c1-2-36-28(35)24-25(16-6-4-3-5-7-16)32-29-33(26(24)17-8-10-19(31)11-9-17)27(34)23(39-29)13-18-12-21-22(14-20(18)30)38-15-37-21/h3-14,26H,2,15H2,1H3. The Labute approximate surface area is 230 Å². The molecule has 10 heteroatoms. The van der Waals surface area contributed by atoms with Gasteiger partial charge in [-0.2, -0.15) is 0 Å². The Kier molecular flexibility index (Phi) is 6.54. The number of hydrogen-bond donors (Lipinski definition) is 0. The topological polar surface area (TPSA) is 79.1 Å². The molecule has 39 heavy (non-hydrogen) atoms. The van der Waals surface area contributed by atoms with Gasteiger partial charge in [-0.25, -0.2) is 14.2 Å². The number of rotatable bonds is 5. The molecular weight excluding hydrogens is 543 g/mol. The molecule has 0 aliphatic carbocycles. The molecule has 6 rings (SSSR count). The van der Waals surface area contributed by atoms with Crippen molar-refractivity contribution < 1.29 is 23.4 Å². The predicted octanol–water partition coefficient (Wildman–Crippen LogP) is 4.46. The normalized spacial score (nSPS) is 16.2. The summed E-state index contributed by atoms with van der Waals surface area (Å²) in [5, 5.41) is 0.386. The second-order valence-corrected chi connectivity index (χ2v) is 10.1. The number of carbonyl (C=O) groups excluding carboxylic acids is 1. The third-order valence-electron chi connectivity index (χ3n) is 6.34. The van der Waals surface area contributed by atoms with Gasteiger partial charge in [-0.15, -0.1) is 0 Å². The van der Waals surface area contributed by atoms with Crippen LogP contribution >= 0.6 is 22.9 Å². The summed E-state index contributed by atoms with van der Waals surface area (Å²) in [6, 6.07) is 17.3. The maximum Gasteiger partial charge on any atom is 0.338 e. The number of halogens is 2. The zero-order valence-electron chi connectivity index (χ0n) is 20.5. The smallest absolute Gasteiger partial charge is 0.338 e. The minimum absolute atomic E-state index is 0.0911. The number of fused-ring (bicyclic) bond motifs is 2. The van der Waals surface area contributed by atoms with Crippen LogP contribution in [0.3, 0.4) is 0 Å². The zero-order chi connectivity index (χ0) is 27.1. The molecule has 4 aromatic rings. The Hall–Kier alpha value is -4.21. The van der Waals surface area contributed by atoms with Crippen LogP contribution in [0, 0.1) is 5.82 Å². The first kappa shape index (κ1) is 25.1. The van der Waals surface area contributed by atoms with Gasteiger partial charge in [-0.3, -0.25) is 9.36 Å². The highest BCUT2D eigenvalue weighted by Crippen LogP contribution is 2.37. The van der Waals surface area contributed by atoms with Crippen molar-refractivity contribution in [2.45, 2.75) is 13.0 Å². The highest BCUT2D eigenvalue weighted by molar-refractivity contribution is 7.07. The van der Waals surface area contributed by atoms with Crippen molar-refractivity contribution in [1.29, 1.82) is 0 Å². The van der Waals surface area contributed by atoms with E-state index in [1.54, 1.807) is 37.3 Å². The number of benzene rings is 3. The highest BCUT2D eigenvalue weighted by atomic mass is 35.5. The molecule has 0 bridgehead atoms. The molecule has 0 amide bonds. The number of carbonyl (C=O) groups is 1. The molecule has 0 spiro atoms. The Morgan fingerprint density at radius 1 is 1.15 bits per heavy atom. The van der Waals surface area contributed by atoms with Gasteiger partial charge >= 0.3 is 5.97 Å². The number of hydrogen-bond acceptors (Lipinski definition) is 7. The molecule has 0 N–H and O–H groups in total. The molecule has 0 fully saturated rings. The van der Waals surface area contributed by atoms with Gasteiger partial charge in [0.2, 0.25) is 6.79 Å². The minimum Gasteiger partial charge on any atom is -0.463 e. The third kappa shape index (κ3) is 4.53. The van der Waals surface area contributed by atoms with Crippen LogP contribution in [0.25, 0.3) is 11.8 Å². The fourth-order valence-corrected chi connectivity index (χ4v) is 5.79. The maximum atomic E-state index is 13.9. The maximum absolute atomic E-state index is 13.9. The summed E-state index contributed by atoms with van der Waals surface area (Å²) in [7, 11) is 0. The minimum atomic E-state index is -0.898. The average molecular weight is 563 g/mol. The Balaban J connectivity index is 1.63. The Morgan fingerprint density at radius 2 is 1.87 bits per heavy atom. The van der Waals surface area contributed by atoms with Gasteiger partial charge in [0.25, 0.3) is 5.56 Å². The molecule has 2 aliphatic heterocycles. The van der Waals surface area contributed by atoms with E-state index in [2.05, 4.69) is 0 Å². The van der Waals surface area contributed by atoms with E-state index in [0.717, 1.165) is 11.3 Å². The Bertz CT molecular complexity index is 1810. The van der Waals surface area contributed by atoms with E-state index in [0.29, 0.717) is 48.2 Å².